The molecule has 8 heteroatoms. The Morgan fingerprint density at radius 2 is 1.96 bits per heavy atom. The monoisotopic (exact) mass is 359 g/mol. The van der Waals surface area contributed by atoms with Gasteiger partial charge in [0.2, 0.25) is 15.9 Å². The van der Waals surface area contributed by atoms with E-state index in [2.05, 4.69) is 10.3 Å². The van der Waals surface area contributed by atoms with Crippen LogP contribution >= 0.6 is 0 Å². The topological polar surface area (TPSA) is 96.4 Å². The minimum atomic E-state index is -3.64. The Labute approximate surface area is 145 Å². The molecule has 25 heavy (non-hydrogen) atoms. The second-order valence-corrected chi connectivity index (χ2v) is 7.70. The number of anilines is 1. The van der Waals surface area contributed by atoms with Gasteiger partial charge in [-0.1, -0.05) is 13.0 Å². The van der Waals surface area contributed by atoms with Crippen LogP contribution < -0.4 is 9.62 Å². The lowest BCUT2D eigenvalue weighted by Crippen LogP contribution is -2.30. The summed E-state index contributed by atoms with van der Waals surface area (Å²) in [6.07, 6.45) is 1.64. The fourth-order valence-electron chi connectivity index (χ4n) is 2.61. The molecule has 2 aromatic rings. The summed E-state index contributed by atoms with van der Waals surface area (Å²) in [7, 11) is -3.64. The molecule has 3 rings (SSSR count). The fourth-order valence-corrected chi connectivity index (χ4v) is 4.43. The van der Waals surface area contributed by atoms with Crippen LogP contribution in [-0.2, 0) is 21.4 Å². The third-order valence-corrected chi connectivity index (χ3v) is 5.75. The van der Waals surface area contributed by atoms with Gasteiger partial charge in [0, 0.05) is 11.8 Å². The highest BCUT2D eigenvalue weighted by molar-refractivity contribution is 7.94. The molecule has 1 aliphatic heterocycles. The number of hydrogen-bond acceptors (Lipinski definition) is 5. The number of hydrogen-bond donors (Lipinski definition) is 1. The van der Waals surface area contributed by atoms with E-state index in [4.69, 9.17) is 0 Å². The van der Waals surface area contributed by atoms with Gasteiger partial charge < -0.3 is 5.32 Å². The normalized spacial score (nSPS) is 19.0. The zero-order valence-corrected chi connectivity index (χ0v) is 14.4. The molecule has 1 aromatic heterocycles. The van der Waals surface area contributed by atoms with Crippen LogP contribution in [0.2, 0.25) is 0 Å². The van der Waals surface area contributed by atoms with Crippen LogP contribution in [0.5, 0.6) is 0 Å². The van der Waals surface area contributed by atoms with Crippen molar-refractivity contribution < 1.29 is 18.0 Å². The first-order valence-corrected chi connectivity index (χ1v) is 9.34. The maximum atomic E-state index is 12.2. The summed E-state index contributed by atoms with van der Waals surface area (Å²) in [6, 6.07) is 11.3. The molecule has 1 aromatic carbocycles. The predicted molar refractivity (Wildman–Crippen MR) is 92.3 cm³/mol. The van der Waals surface area contributed by atoms with Crippen LogP contribution in [0.15, 0.2) is 48.7 Å². The lowest BCUT2D eigenvalue weighted by Gasteiger charge is -2.15. The smallest absolute Gasteiger partial charge is 0.251 e. The number of amides is 2. The molecule has 7 nitrogen and oxygen atoms in total. The van der Waals surface area contributed by atoms with Crippen molar-refractivity contribution in [3.8, 4) is 0 Å². The lowest BCUT2D eigenvalue weighted by molar-refractivity contribution is -0.119. The van der Waals surface area contributed by atoms with Gasteiger partial charge >= 0.3 is 0 Å². The first kappa shape index (κ1) is 17.1. The standard InChI is InChI=1S/C17H17N3O4S/c1-12-11-25(23,24)20(17(12)22)15-7-5-13(6-8-15)16(21)19-10-14-4-2-3-9-18-14/h2-9,12H,10-11H2,1H3,(H,19,21)/t12-/m0/s1. The molecule has 130 valence electrons. The number of nitrogens with one attached hydrogen (secondary N) is 1. The molecule has 0 radical (unpaired) electrons. The average Bonchev–Trinajstić information content (AvgIpc) is 2.81. The number of carbonyl (C=O) groups excluding carboxylic acids is 2. The quantitative estimate of drug-likeness (QED) is 0.888. The zero-order chi connectivity index (χ0) is 18.0. The van der Waals surface area contributed by atoms with E-state index in [9.17, 15) is 18.0 Å². The van der Waals surface area contributed by atoms with Gasteiger partial charge in [0.25, 0.3) is 5.91 Å². The Bertz CT molecular complexity index is 895. The van der Waals surface area contributed by atoms with E-state index in [1.54, 1.807) is 25.3 Å². The number of rotatable bonds is 4. The molecule has 2 heterocycles. The number of pyridine rings is 1. The second kappa shape index (κ2) is 6.64. The first-order chi connectivity index (χ1) is 11.9. The summed E-state index contributed by atoms with van der Waals surface area (Å²) in [5.41, 5.74) is 1.35. The Balaban J connectivity index is 1.72. The largest absolute Gasteiger partial charge is 0.346 e. The lowest BCUT2D eigenvalue weighted by atomic mass is 10.1. The van der Waals surface area contributed by atoms with Crippen molar-refractivity contribution >= 4 is 27.5 Å². The minimum Gasteiger partial charge on any atom is -0.346 e. The van der Waals surface area contributed by atoms with Crippen molar-refractivity contribution in [3.63, 3.8) is 0 Å². The van der Waals surface area contributed by atoms with Gasteiger partial charge in [0.05, 0.1) is 29.6 Å². The van der Waals surface area contributed by atoms with Crippen LogP contribution in [-0.4, -0.2) is 31.0 Å². The first-order valence-electron chi connectivity index (χ1n) is 7.73. The number of aromatic nitrogens is 1. The molecule has 0 spiro atoms. The number of nitrogens with zero attached hydrogens (tertiary/aromatic N) is 2. The van der Waals surface area contributed by atoms with E-state index in [1.807, 2.05) is 6.07 Å². The van der Waals surface area contributed by atoms with Crippen molar-refractivity contribution in [2.24, 2.45) is 5.92 Å². The Morgan fingerprint density at radius 1 is 1.24 bits per heavy atom. The summed E-state index contributed by atoms with van der Waals surface area (Å²) in [5, 5.41) is 2.74. The summed E-state index contributed by atoms with van der Waals surface area (Å²) < 4.78 is 25.0. The Morgan fingerprint density at radius 3 is 2.52 bits per heavy atom. The highest BCUT2D eigenvalue weighted by Crippen LogP contribution is 2.28. The molecule has 1 aliphatic rings. The van der Waals surface area contributed by atoms with Crippen molar-refractivity contribution in [2.75, 3.05) is 10.1 Å². The molecule has 0 saturated carbocycles. The Kier molecular flexibility index (Phi) is 4.54. The number of sulfonamides is 1. The number of benzene rings is 1. The van der Waals surface area contributed by atoms with Gasteiger partial charge in [-0.15, -0.1) is 0 Å². The Hall–Kier alpha value is -2.74. The summed E-state index contributed by atoms with van der Waals surface area (Å²) in [5.74, 6) is -1.52. The van der Waals surface area contributed by atoms with Crippen LogP contribution in [0.1, 0.15) is 23.0 Å². The minimum absolute atomic E-state index is 0.196. The molecule has 2 amide bonds. The average molecular weight is 359 g/mol. The van der Waals surface area contributed by atoms with Gasteiger partial charge in [-0.05, 0) is 36.4 Å². The highest BCUT2D eigenvalue weighted by atomic mass is 32.2. The third-order valence-electron chi connectivity index (χ3n) is 3.88. The van der Waals surface area contributed by atoms with Crippen LogP contribution in [0.4, 0.5) is 5.69 Å². The van der Waals surface area contributed by atoms with Crippen molar-refractivity contribution in [3.05, 3.63) is 59.9 Å². The van der Waals surface area contributed by atoms with Gasteiger partial charge in [0.15, 0.2) is 0 Å². The molecule has 1 fully saturated rings. The maximum absolute atomic E-state index is 12.2. The summed E-state index contributed by atoms with van der Waals surface area (Å²) in [6.45, 7) is 1.87. The van der Waals surface area contributed by atoms with Gasteiger partial charge in [-0.25, -0.2) is 12.7 Å². The van der Waals surface area contributed by atoms with Crippen molar-refractivity contribution in [1.82, 2.24) is 10.3 Å². The van der Waals surface area contributed by atoms with E-state index >= 15 is 0 Å². The van der Waals surface area contributed by atoms with Crippen LogP contribution in [0, 0.1) is 5.92 Å². The molecular weight excluding hydrogens is 342 g/mol. The van der Waals surface area contributed by atoms with Crippen molar-refractivity contribution in [1.29, 1.82) is 0 Å². The molecule has 0 unspecified atom stereocenters. The van der Waals surface area contributed by atoms with E-state index in [-0.39, 0.29) is 23.9 Å². The van der Waals surface area contributed by atoms with E-state index in [0.717, 1.165) is 10.00 Å². The van der Waals surface area contributed by atoms with E-state index in [0.29, 0.717) is 5.56 Å². The predicted octanol–water partition coefficient (Wildman–Crippen LogP) is 1.32. The van der Waals surface area contributed by atoms with E-state index in [1.165, 1.54) is 24.3 Å². The molecule has 1 saturated heterocycles. The highest BCUT2D eigenvalue weighted by Gasteiger charge is 2.41. The van der Waals surface area contributed by atoms with Crippen LogP contribution in [0.25, 0.3) is 0 Å². The molecule has 1 N–H and O–H groups in total. The molecule has 1 atom stereocenters. The zero-order valence-electron chi connectivity index (χ0n) is 13.5. The molecular formula is C17H17N3O4S. The van der Waals surface area contributed by atoms with E-state index < -0.39 is 21.8 Å². The van der Waals surface area contributed by atoms with Gasteiger partial charge in [-0.2, -0.15) is 0 Å². The maximum Gasteiger partial charge on any atom is 0.251 e. The number of carbonyl (C=O) groups is 2. The molecule has 0 aliphatic carbocycles. The summed E-state index contributed by atoms with van der Waals surface area (Å²) in [4.78, 5) is 28.3. The second-order valence-electron chi connectivity index (χ2n) is 5.83. The molecule has 0 bridgehead atoms. The fraction of sp³-hybridized carbons (Fsp3) is 0.235. The van der Waals surface area contributed by atoms with Gasteiger partial charge in [-0.3, -0.25) is 14.6 Å². The third kappa shape index (κ3) is 3.53. The van der Waals surface area contributed by atoms with Gasteiger partial charge in [0.1, 0.15) is 0 Å². The van der Waals surface area contributed by atoms with Crippen LogP contribution in [0.3, 0.4) is 0 Å². The van der Waals surface area contributed by atoms with Crippen molar-refractivity contribution in [2.45, 2.75) is 13.5 Å². The SMILES string of the molecule is C[C@H]1CS(=O)(=O)N(c2ccc(C(=O)NCc3ccccn3)cc2)C1=O. The summed E-state index contributed by atoms with van der Waals surface area (Å²) >= 11 is 0.